The van der Waals surface area contributed by atoms with Crippen molar-refractivity contribution >= 4 is 35.1 Å². The Kier molecular flexibility index (Phi) is 5.36. The van der Waals surface area contributed by atoms with Crippen molar-refractivity contribution < 1.29 is 0 Å². The number of aromatic nitrogens is 1. The molecule has 0 spiro atoms. The molecule has 1 atom stereocenters. The van der Waals surface area contributed by atoms with Crippen molar-refractivity contribution in [3.05, 3.63) is 28.6 Å². The van der Waals surface area contributed by atoms with Gasteiger partial charge >= 0.3 is 0 Å². The molecule has 0 bridgehead atoms. The highest BCUT2D eigenvalue weighted by Crippen LogP contribution is 2.28. The summed E-state index contributed by atoms with van der Waals surface area (Å²) >= 11 is 3.51. The predicted molar refractivity (Wildman–Crippen MR) is 85.4 cm³/mol. The van der Waals surface area contributed by atoms with Gasteiger partial charge in [-0.15, -0.1) is 35.1 Å². The quantitative estimate of drug-likeness (QED) is 0.943. The van der Waals surface area contributed by atoms with Crippen molar-refractivity contribution in [1.82, 2.24) is 15.2 Å². The van der Waals surface area contributed by atoms with Gasteiger partial charge in [0.1, 0.15) is 5.01 Å². The molecule has 19 heavy (non-hydrogen) atoms. The Morgan fingerprint density at radius 1 is 1.47 bits per heavy atom. The minimum absolute atomic E-state index is 0. The van der Waals surface area contributed by atoms with E-state index in [0.717, 1.165) is 31.2 Å². The fraction of sp³-hybridized carbons (Fsp3) is 0.462. The molecular formula is C13H18ClN3S2. The summed E-state index contributed by atoms with van der Waals surface area (Å²) in [6, 6.07) is 4.81. The number of halogens is 1. The highest BCUT2D eigenvalue weighted by molar-refractivity contribution is 7.20. The average Bonchev–Trinajstić information content (AvgIpc) is 2.98. The summed E-state index contributed by atoms with van der Waals surface area (Å²) in [5.74, 6) is 0. The Morgan fingerprint density at radius 3 is 3.11 bits per heavy atom. The van der Waals surface area contributed by atoms with Gasteiger partial charge in [0.05, 0.1) is 10.6 Å². The Morgan fingerprint density at radius 2 is 2.37 bits per heavy atom. The Labute approximate surface area is 128 Å². The fourth-order valence-electron chi connectivity index (χ4n) is 2.28. The number of thiophene rings is 1. The number of rotatable bonds is 3. The average molecular weight is 316 g/mol. The van der Waals surface area contributed by atoms with Gasteiger partial charge in [0, 0.05) is 37.6 Å². The number of nitrogens with zero attached hydrogens (tertiary/aromatic N) is 2. The van der Waals surface area contributed by atoms with Crippen LogP contribution in [0.15, 0.2) is 22.9 Å². The van der Waals surface area contributed by atoms with E-state index in [9.17, 15) is 0 Å². The molecule has 0 unspecified atom stereocenters. The lowest BCUT2D eigenvalue weighted by Crippen LogP contribution is -2.48. The zero-order valence-electron chi connectivity index (χ0n) is 10.8. The van der Waals surface area contributed by atoms with E-state index in [2.05, 4.69) is 40.0 Å². The molecule has 1 aliphatic rings. The lowest BCUT2D eigenvalue weighted by molar-refractivity contribution is 0.198. The van der Waals surface area contributed by atoms with Gasteiger partial charge in [-0.3, -0.25) is 4.90 Å². The van der Waals surface area contributed by atoms with E-state index in [-0.39, 0.29) is 12.4 Å². The molecule has 0 radical (unpaired) electrons. The van der Waals surface area contributed by atoms with Gasteiger partial charge in [0.2, 0.25) is 0 Å². The van der Waals surface area contributed by atoms with E-state index in [1.54, 1.807) is 22.7 Å². The second kappa shape index (κ2) is 6.81. The Balaban J connectivity index is 0.00000133. The smallest absolute Gasteiger partial charge is 0.133 e. The summed E-state index contributed by atoms with van der Waals surface area (Å²) in [5.41, 5.74) is 1.21. The standard InChI is InChI=1S/C13H17N3S2.ClH/c1-10-7-16(5-4-14-10)8-11-9-18-13(15-11)12-3-2-6-17-12;/h2-3,6,9-10,14H,4-5,7-8H2,1H3;1H/t10-;/m1./s1. The fourth-order valence-corrected chi connectivity index (χ4v) is 3.90. The third-order valence-corrected chi connectivity index (χ3v) is 5.05. The largest absolute Gasteiger partial charge is 0.312 e. The van der Waals surface area contributed by atoms with E-state index >= 15 is 0 Å². The van der Waals surface area contributed by atoms with Crippen molar-refractivity contribution in [2.75, 3.05) is 19.6 Å². The van der Waals surface area contributed by atoms with Crippen molar-refractivity contribution in [3.63, 3.8) is 0 Å². The maximum absolute atomic E-state index is 4.74. The molecule has 104 valence electrons. The summed E-state index contributed by atoms with van der Waals surface area (Å²) in [7, 11) is 0. The maximum atomic E-state index is 4.74. The lowest BCUT2D eigenvalue weighted by Gasteiger charge is -2.31. The monoisotopic (exact) mass is 315 g/mol. The summed E-state index contributed by atoms with van der Waals surface area (Å²) in [6.07, 6.45) is 0. The zero-order valence-corrected chi connectivity index (χ0v) is 13.3. The van der Waals surface area contributed by atoms with E-state index in [0.29, 0.717) is 6.04 Å². The van der Waals surface area contributed by atoms with Crippen LogP contribution in [-0.4, -0.2) is 35.6 Å². The van der Waals surface area contributed by atoms with Crippen LogP contribution in [0.3, 0.4) is 0 Å². The van der Waals surface area contributed by atoms with Gasteiger partial charge in [-0.25, -0.2) is 4.98 Å². The topological polar surface area (TPSA) is 28.2 Å². The van der Waals surface area contributed by atoms with Crippen molar-refractivity contribution in [2.24, 2.45) is 0 Å². The highest BCUT2D eigenvalue weighted by Gasteiger charge is 2.16. The van der Waals surface area contributed by atoms with Gasteiger partial charge in [0.25, 0.3) is 0 Å². The van der Waals surface area contributed by atoms with Crippen molar-refractivity contribution in [3.8, 4) is 9.88 Å². The summed E-state index contributed by atoms with van der Waals surface area (Å²) in [4.78, 5) is 8.50. The van der Waals surface area contributed by atoms with Crippen LogP contribution in [0, 0.1) is 0 Å². The molecule has 6 heteroatoms. The first kappa shape index (κ1) is 14.9. The van der Waals surface area contributed by atoms with Crippen LogP contribution >= 0.6 is 35.1 Å². The van der Waals surface area contributed by atoms with Gasteiger partial charge < -0.3 is 5.32 Å². The normalized spacial score (nSPS) is 20.2. The van der Waals surface area contributed by atoms with E-state index in [1.165, 1.54) is 10.6 Å². The van der Waals surface area contributed by atoms with Gasteiger partial charge in [-0.05, 0) is 18.4 Å². The summed E-state index contributed by atoms with van der Waals surface area (Å²) in [6.45, 7) is 6.54. The molecule has 0 amide bonds. The second-order valence-electron chi connectivity index (χ2n) is 4.71. The number of nitrogens with one attached hydrogen (secondary N) is 1. The molecule has 3 heterocycles. The van der Waals surface area contributed by atoms with Crippen LogP contribution in [0.1, 0.15) is 12.6 Å². The van der Waals surface area contributed by atoms with E-state index in [1.807, 2.05) is 0 Å². The summed E-state index contributed by atoms with van der Waals surface area (Å²) in [5, 5.41) is 8.92. The molecule has 1 fully saturated rings. The predicted octanol–water partition coefficient (Wildman–Crippen LogP) is 3.09. The third-order valence-electron chi connectivity index (χ3n) is 3.12. The van der Waals surface area contributed by atoms with Crippen LogP contribution in [0.2, 0.25) is 0 Å². The van der Waals surface area contributed by atoms with Crippen molar-refractivity contribution in [2.45, 2.75) is 19.5 Å². The minimum Gasteiger partial charge on any atom is -0.312 e. The zero-order chi connectivity index (χ0) is 12.4. The molecule has 2 aromatic heterocycles. The number of hydrogen-bond acceptors (Lipinski definition) is 5. The Bertz CT molecular complexity index is 498. The first-order valence-electron chi connectivity index (χ1n) is 6.25. The molecule has 3 rings (SSSR count). The lowest BCUT2D eigenvalue weighted by atomic mass is 10.2. The Hall–Kier alpha value is -0.460. The molecule has 1 N–H and O–H groups in total. The second-order valence-corrected chi connectivity index (χ2v) is 6.52. The first-order valence-corrected chi connectivity index (χ1v) is 8.01. The van der Waals surface area contributed by atoms with Crippen LogP contribution < -0.4 is 5.32 Å². The van der Waals surface area contributed by atoms with E-state index in [4.69, 9.17) is 4.98 Å². The third kappa shape index (κ3) is 3.77. The molecule has 2 aromatic rings. The van der Waals surface area contributed by atoms with Crippen LogP contribution in [0.25, 0.3) is 9.88 Å². The minimum atomic E-state index is 0. The first-order chi connectivity index (χ1) is 8.81. The number of hydrogen-bond donors (Lipinski definition) is 1. The van der Waals surface area contributed by atoms with Crippen molar-refractivity contribution in [1.29, 1.82) is 0 Å². The van der Waals surface area contributed by atoms with Crippen LogP contribution in [0.4, 0.5) is 0 Å². The molecule has 0 aromatic carbocycles. The van der Waals surface area contributed by atoms with Crippen LogP contribution in [0.5, 0.6) is 0 Å². The number of piperazine rings is 1. The number of thiazole rings is 1. The summed E-state index contributed by atoms with van der Waals surface area (Å²) < 4.78 is 0. The molecule has 0 aliphatic carbocycles. The molecule has 0 saturated carbocycles. The van der Waals surface area contributed by atoms with Gasteiger partial charge in [0.15, 0.2) is 0 Å². The maximum Gasteiger partial charge on any atom is 0.133 e. The SMILES string of the molecule is C[C@@H]1CN(Cc2csc(-c3cccs3)n2)CCN1.Cl. The van der Waals surface area contributed by atoms with Gasteiger partial charge in [-0.2, -0.15) is 0 Å². The van der Waals surface area contributed by atoms with Gasteiger partial charge in [-0.1, -0.05) is 6.07 Å². The molecular weight excluding hydrogens is 298 g/mol. The molecule has 1 saturated heterocycles. The molecule has 3 nitrogen and oxygen atoms in total. The molecule has 1 aliphatic heterocycles. The van der Waals surface area contributed by atoms with Crippen LogP contribution in [-0.2, 0) is 6.54 Å². The van der Waals surface area contributed by atoms with E-state index < -0.39 is 0 Å². The highest BCUT2D eigenvalue weighted by atomic mass is 35.5.